The molecule has 0 saturated heterocycles. The normalized spacial score (nSPS) is 11.7. The zero-order valence-corrected chi connectivity index (χ0v) is 19.7. The maximum atomic E-state index is 11.9. The van der Waals surface area contributed by atoms with Crippen LogP contribution in [0.5, 0.6) is 11.5 Å². The summed E-state index contributed by atoms with van der Waals surface area (Å²) in [6.07, 6.45) is 1.83. The van der Waals surface area contributed by atoms with Crippen LogP contribution in [-0.4, -0.2) is 45.2 Å². The molecule has 33 heavy (non-hydrogen) atoms. The van der Waals surface area contributed by atoms with Gasteiger partial charge in [-0.15, -0.1) is 0 Å². The van der Waals surface area contributed by atoms with E-state index in [1.807, 2.05) is 65.1 Å². The molecule has 172 valence electrons. The molecule has 0 aliphatic heterocycles. The number of methoxy groups -OCH3 is 2. The monoisotopic (exact) mass is 448 g/mol. The summed E-state index contributed by atoms with van der Waals surface area (Å²) in [5.74, 6) is 1.30. The van der Waals surface area contributed by atoms with Gasteiger partial charge in [-0.05, 0) is 45.0 Å². The summed E-state index contributed by atoms with van der Waals surface area (Å²) in [5, 5.41) is 10.3. The number of aromatic nitrogens is 4. The predicted molar refractivity (Wildman–Crippen MR) is 126 cm³/mol. The largest absolute Gasteiger partial charge is 0.497 e. The number of fused-ring (bicyclic) bond motifs is 1. The van der Waals surface area contributed by atoms with Crippen molar-refractivity contribution in [3.8, 4) is 28.4 Å². The zero-order chi connectivity index (χ0) is 23.8. The Morgan fingerprint density at radius 3 is 2.39 bits per heavy atom. The van der Waals surface area contributed by atoms with Crippen molar-refractivity contribution >= 4 is 16.7 Å². The molecule has 8 nitrogen and oxygen atoms in total. The molecule has 0 unspecified atom stereocenters. The van der Waals surface area contributed by atoms with E-state index in [0.29, 0.717) is 17.2 Å². The molecule has 0 aliphatic carbocycles. The zero-order valence-electron chi connectivity index (χ0n) is 19.7. The van der Waals surface area contributed by atoms with Gasteiger partial charge in [0.05, 0.1) is 49.6 Å². The number of ether oxygens (including phenoxy) is 3. The fourth-order valence-corrected chi connectivity index (χ4v) is 3.58. The highest BCUT2D eigenvalue weighted by Gasteiger charge is 2.25. The second-order valence-electron chi connectivity index (χ2n) is 8.37. The Kier molecular flexibility index (Phi) is 5.95. The molecule has 0 spiro atoms. The van der Waals surface area contributed by atoms with E-state index in [-0.39, 0.29) is 12.4 Å². The van der Waals surface area contributed by atoms with Crippen molar-refractivity contribution in [1.82, 2.24) is 19.6 Å². The number of rotatable bonds is 8. The third-order valence-electron chi connectivity index (χ3n) is 5.80. The molecule has 2 heterocycles. The van der Waals surface area contributed by atoms with Crippen LogP contribution in [0.2, 0.25) is 0 Å². The number of hydrogen-bond acceptors (Lipinski definition) is 6. The standard InChI is InChI=1S/C25H28N4O4/c1-16(30)25(2,3)33-15-19-12-23(18-10-20(31-5)13-21(11-18)32-6)29(27-19)22-9-7-8-17-14-26-28(4)24(17)22/h7-14H,15H2,1-6H3. The summed E-state index contributed by atoms with van der Waals surface area (Å²) in [7, 11) is 5.15. The molecule has 0 radical (unpaired) electrons. The summed E-state index contributed by atoms with van der Waals surface area (Å²) in [6.45, 7) is 5.23. The highest BCUT2D eigenvalue weighted by Crippen LogP contribution is 2.33. The van der Waals surface area contributed by atoms with Gasteiger partial charge in [0.25, 0.3) is 0 Å². The van der Waals surface area contributed by atoms with Crippen LogP contribution in [0.15, 0.2) is 48.7 Å². The van der Waals surface area contributed by atoms with Gasteiger partial charge in [0.1, 0.15) is 17.1 Å². The van der Waals surface area contributed by atoms with E-state index < -0.39 is 5.60 Å². The minimum atomic E-state index is -0.898. The van der Waals surface area contributed by atoms with Crippen LogP contribution in [0, 0.1) is 0 Å². The molecule has 0 bridgehead atoms. The molecule has 2 aromatic heterocycles. The first kappa shape index (κ1) is 22.5. The fraction of sp³-hybridized carbons (Fsp3) is 0.320. The van der Waals surface area contributed by atoms with Crippen LogP contribution in [0.1, 0.15) is 26.5 Å². The fourth-order valence-electron chi connectivity index (χ4n) is 3.58. The smallest absolute Gasteiger partial charge is 0.161 e. The van der Waals surface area contributed by atoms with Gasteiger partial charge >= 0.3 is 0 Å². The Morgan fingerprint density at radius 1 is 1.06 bits per heavy atom. The van der Waals surface area contributed by atoms with Gasteiger partial charge in [0.15, 0.2) is 5.78 Å². The number of hydrogen-bond donors (Lipinski definition) is 0. The second-order valence-corrected chi connectivity index (χ2v) is 8.37. The summed E-state index contributed by atoms with van der Waals surface area (Å²) in [4.78, 5) is 11.9. The van der Waals surface area contributed by atoms with Gasteiger partial charge < -0.3 is 14.2 Å². The number of carbonyl (C=O) groups excluding carboxylic acids is 1. The van der Waals surface area contributed by atoms with Gasteiger partial charge in [0, 0.05) is 24.1 Å². The van der Waals surface area contributed by atoms with Crippen LogP contribution >= 0.6 is 0 Å². The van der Waals surface area contributed by atoms with E-state index in [9.17, 15) is 4.79 Å². The molecule has 0 saturated carbocycles. The highest BCUT2D eigenvalue weighted by atomic mass is 16.5. The quantitative estimate of drug-likeness (QED) is 0.399. The van der Waals surface area contributed by atoms with Crippen molar-refractivity contribution in [2.75, 3.05) is 14.2 Å². The van der Waals surface area contributed by atoms with E-state index in [2.05, 4.69) is 5.10 Å². The van der Waals surface area contributed by atoms with Crippen LogP contribution < -0.4 is 9.47 Å². The average Bonchev–Trinajstić information content (AvgIpc) is 3.41. The number of benzene rings is 2. The lowest BCUT2D eigenvalue weighted by Gasteiger charge is -2.21. The lowest BCUT2D eigenvalue weighted by Crippen LogP contribution is -2.32. The Balaban J connectivity index is 1.89. The SMILES string of the molecule is COc1cc(OC)cc(-c2cc(COC(C)(C)C(C)=O)nn2-c2cccc3cnn(C)c23)c1. The Morgan fingerprint density at radius 2 is 1.76 bits per heavy atom. The minimum Gasteiger partial charge on any atom is -0.497 e. The lowest BCUT2D eigenvalue weighted by atomic mass is 10.1. The average molecular weight is 449 g/mol. The van der Waals surface area contributed by atoms with E-state index in [1.165, 1.54) is 6.92 Å². The van der Waals surface area contributed by atoms with E-state index in [0.717, 1.165) is 27.8 Å². The number of Topliss-reactive ketones (excluding diaryl/α,β-unsaturated/α-hetero) is 1. The van der Waals surface area contributed by atoms with Gasteiger partial charge in [0.2, 0.25) is 0 Å². The molecular weight excluding hydrogens is 420 g/mol. The molecule has 0 fully saturated rings. The maximum absolute atomic E-state index is 11.9. The topological polar surface area (TPSA) is 80.4 Å². The van der Waals surface area contributed by atoms with Crippen LogP contribution in [-0.2, 0) is 23.2 Å². The minimum absolute atomic E-state index is 0.0423. The maximum Gasteiger partial charge on any atom is 0.161 e. The van der Waals surface area contributed by atoms with Crippen molar-refractivity contribution in [1.29, 1.82) is 0 Å². The van der Waals surface area contributed by atoms with Crippen LogP contribution in [0.3, 0.4) is 0 Å². The Bertz CT molecular complexity index is 1300. The van der Waals surface area contributed by atoms with Crippen LogP contribution in [0.4, 0.5) is 0 Å². The van der Waals surface area contributed by atoms with E-state index >= 15 is 0 Å². The summed E-state index contributed by atoms with van der Waals surface area (Å²) in [6, 6.07) is 13.6. The summed E-state index contributed by atoms with van der Waals surface area (Å²) >= 11 is 0. The number of carbonyl (C=O) groups is 1. The Labute approximate surface area is 192 Å². The van der Waals surface area contributed by atoms with Gasteiger partial charge in [-0.3, -0.25) is 9.48 Å². The van der Waals surface area contributed by atoms with Gasteiger partial charge in [-0.1, -0.05) is 12.1 Å². The first-order valence-corrected chi connectivity index (χ1v) is 10.6. The molecule has 0 amide bonds. The molecule has 2 aromatic carbocycles. The second kappa shape index (κ2) is 8.71. The molecule has 0 N–H and O–H groups in total. The highest BCUT2D eigenvalue weighted by molar-refractivity contribution is 5.87. The van der Waals surface area contributed by atoms with E-state index in [1.54, 1.807) is 28.1 Å². The first-order valence-electron chi connectivity index (χ1n) is 10.6. The summed E-state index contributed by atoms with van der Waals surface area (Å²) < 4.78 is 20.6. The van der Waals surface area contributed by atoms with Crippen molar-refractivity contribution in [3.63, 3.8) is 0 Å². The third kappa shape index (κ3) is 4.34. The van der Waals surface area contributed by atoms with E-state index in [4.69, 9.17) is 19.3 Å². The van der Waals surface area contributed by atoms with Crippen molar-refractivity contribution < 1.29 is 19.0 Å². The summed E-state index contributed by atoms with van der Waals surface area (Å²) in [5.41, 5.74) is 3.33. The van der Waals surface area contributed by atoms with Crippen molar-refractivity contribution in [2.45, 2.75) is 33.0 Å². The van der Waals surface area contributed by atoms with Crippen molar-refractivity contribution in [2.24, 2.45) is 7.05 Å². The molecule has 8 heteroatoms. The number of nitrogens with zero attached hydrogens (tertiary/aromatic N) is 4. The molecule has 0 aliphatic rings. The van der Waals surface area contributed by atoms with Gasteiger partial charge in [-0.2, -0.15) is 10.2 Å². The predicted octanol–water partition coefficient (Wildman–Crippen LogP) is 4.33. The number of para-hydroxylation sites is 1. The molecule has 4 aromatic rings. The number of aryl methyl sites for hydroxylation is 1. The van der Waals surface area contributed by atoms with Crippen LogP contribution in [0.25, 0.3) is 27.8 Å². The Hall–Kier alpha value is -3.65. The first-order chi connectivity index (χ1) is 15.7. The number of ketones is 1. The molecule has 4 rings (SSSR count). The van der Waals surface area contributed by atoms with Crippen molar-refractivity contribution in [3.05, 3.63) is 54.4 Å². The molecular formula is C25H28N4O4. The van der Waals surface area contributed by atoms with Gasteiger partial charge in [-0.25, -0.2) is 4.68 Å². The lowest BCUT2D eigenvalue weighted by molar-refractivity contribution is -0.139. The molecule has 0 atom stereocenters. The third-order valence-corrected chi connectivity index (χ3v) is 5.80.